The Balaban J connectivity index is 1.18. The molecule has 3 aromatic rings. The highest BCUT2D eigenvalue weighted by molar-refractivity contribution is 8.00. The van der Waals surface area contributed by atoms with Gasteiger partial charge in [-0.15, -0.1) is 11.3 Å². The lowest BCUT2D eigenvalue weighted by Gasteiger charge is -2.31. The van der Waals surface area contributed by atoms with E-state index in [0.29, 0.717) is 42.6 Å². The Morgan fingerprint density at radius 2 is 1.73 bits per heavy atom. The number of likely N-dealkylation sites (tertiary alicyclic amines) is 1. The molecule has 0 aliphatic carbocycles. The van der Waals surface area contributed by atoms with Crippen molar-refractivity contribution in [3.05, 3.63) is 59.1 Å². The number of ether oxygens (including phenoxy) is 1. The standard InChI is InChI=1S/C23H22N2O3S2/c26-21(22-24-19-3-1-2-4-20(19)30-22)15-9-11-25(12-10-15)23(27)16-5-7-17(8-6-16)28-18-13-29-14-18/h1-8,15,18H,9-14H2. The SMILES string of the molecule is O=C(c1nc2ccccc2s1)C1CCN(C(=O)c2ccc(OC3CSC3)cc2)CC1. The second kappa shape index (κ2) is 8.40. The Hall–Kier alpha value is -2.38. The highest BCUT2D eigenvalue weighted by Gasteiger charge is 2.30. The summed E-state index contributed by atoms with van der Waals surface area (Å²) >= 11 is 3.34. The van der Waals surface area contributed by atoms with Gasteiger partial charge >= 0.3 is 0 Å². The van der Waals surface area contributed by atoms with Crippen LogP contribution in [0.3, 0.4) is 0 Å². The second-order valence-corrected chi connectivity index (χ2v) is 9.82. The van der Waals surface area contributed by atoms with Crippen LogP contribution >= 0.6 is 23.1 Å². The summed E-state index contributed by atoms with van der Waals surface area (Å²) in [5.74, 6) is 2.95. The second-order valence-electron chi connectivity index (χ2n) is 7.72. The first-order valence-electron chi connectivity index (χ1n) is 10.2. The van der Waals surface area contributed by atoms with Gasteiger partial charge in [-0.2, -0.15) is 11.8 Å². The number of thioether (sulfide) groups is 1. The Bertz CT molecular complexity index is 1030. The van der Waals surface area contributed by atoms with Crippen molar-refractivity contribution in [3.8, 4) is 5.75 Å². The van der Waals surface area contributed by atoms with Gasteiger partial charge in [-0.05, 0) is 49.2 Å². The van der Waals surface area contributed by atoms with Crippen LogP contribution in [0.25, 0.3) is 10.2 Å². The molecule has 0 saturated carbocycles. The predicted octanol–water partition coefficient (Wildman–Crippen LogP) is 4.53. The van der Waals surface area contributed by atoms with Crippen LogP contribution in [0.4, 0.5) is 0 Å². The van der Waals surface area contributed by atoms with Gasteiger partial charge in [0, 0.05) is 36.1 Å². The predicted molar refractivity (Wildman–Crippen MR) is 121 cm³/mol. The number of piperidine rings is 1. The minimum atomic E-state index is -0.0641. The Kier molecular flexibility index (Phi) is 5.48. The quantitative estimate of drug-likeness (QED) is 0.548. The molecule has 2 saturated heterocycles. The smallest absolute Gasteiger partial charge is 0.253 e. The number of Topliss-reactive ketones (excluding diaryl/α,β-unsaturated/α-hetero) is 1. The van der Waals surface area contributed by atoms with Gasteiger partial charge in [0.05, 0.1) is 10.2 Å². The average Bonchev–Trinajstić information content (AvgIpc) is 3.20. The van der Waals surface area contributed by atoms with Crippen LogP contribution in [0.5, 0.6) is 5.75 Å². The third-order valence-electron chi connectivity index (χ3n) is 5.67. The summed E-state index contributed by atoms with van der Waals surface area (Å²) < 4.78 is 6.89. The van der Waals surface area contributed by atoms with Crippen LogP contribution in [0.1, 0.15) is 33.0 Å². The average molecular weight is 439 g/mol. The van der Waals surface area contributed by atoms with Crippen molar-refractivity contribution in [3.63, 3.8) is 0 Å². The Morgan fingerprint density at radius 1 is 1.00 bits per heavy atom. The zero-order chi connectivity index (χ0) is 20.5. The molecule has 0 radical (unpaired) electrons. The molecule has 0 atom stereocenters. The lowest BCUT2D eigenvalue weighted by atomic mass is 9.92. The molecule has 2 aliphatic rings. The minimum absolute atomic E-state index is 0.0200. The summed E-state index contributed by atoms with van der Waals surface area (Å²) in [6.07, 6.45) is 1.66. The van der Waals surface area contributed by atoms with Crippen LogP contribution in [-0.4, -0.2) is 52.3 Å². The first-order chi connectivity index (χ1) is 14.7. The largest absolute Gasteiger partial charge is 0.489 e. The summed E-state index contributed by atoms with van der Waals surface area (Å²) in [6.45, 7) is 1.19. The molecule has 3 heterocycles. The van der Waals surface area contributed by atoms with Crippen molar-refractivity contribution in [1.29, 1.82) is 0 Å². The van der Waals surface area contributed by atoms with Gasteiger partial charge in [0.25, 0.3) is 5.91 Å². The van der Waals surface area contributed by atoms with Crippen LogP contribution in [0.2, 0.25) is 0 Å². The van der Waals surface area contributed by atoms with Crippen LogP contribution < -0.4 is 4.74 Å². The number of nitrogens with zero attached hydrogens (tertiary/aromatic N) is 2. The molecule has 154 valence electrons. The molecule has 2 aliphatic heterocycles. The van der Waals surface area contributed by atoms with E-state index in [4.69, 9.17) is 4.74 Å². The van der Waals surface area contributed by atoms with Crippen molar-refractivity contribution in [2.24, 2.45) is 5.92 Å². The fourth-order valence-electron chi connectivity index (χ4n) is 3.83. The summed E-state index contributed by atoms with van der Waals surface area (Å²) in [4.78, 5) is 32.1. The maximum atomic E-state index is 12.9. The maximum absolute atomic E-state index is 12.9. The molecule has 0 bridgehead atoms. The number of hydrogen-bond acceptors (Lipinski definition) is 6. The number of ketones is 1. The van der Waals surface area contributed by atoms with E-state index in [1.165, 1.54) is 11.3 Å². The van der Waals surface area contributed by atoms with Crippen LogP contribution in [0, 0.1) is 5.92 Å². The lowest BCUT2D eigenvalue weighted by Crippen LogP contribution is -2.40. The molecule has 7 heteroatoms. The molecule has 2 aromatic carbocycles. The number of para-hydroxylation sites is 1. The number of hydrogen-bond donors (Lipinski definition) is 0. The summed E-state index contributed by atoms with van der Waals surface area (Å²) in [5, 5.41) is 0.585. The molecule has 0 unspecified atom stereocenters. The number of fused-ring (bicyclic) bond motifs is 1. The Labute approximate surface area is 183 Å². The zero-order valence-electron chi connectivity index (χ0n) is 16.5. The van der Waals surface area contributed by atoms with Crippen molar-refractivity contribution in [2.75, 3.05) is 24.6 Å². The van der Waals surface area contributed by atoms with E-state index in [9.17, 15) is 9.59 Å². The first kappa shape index (κ1) is 19.6. The number of amides is 1. The third-order valence-corrected chi connectivity index (χ3v) is 7.94. The van der Waals surface area contributed by atoms with Crippen molar-refractivity contribution >= 4 is 45.0 Å². The summed E-state index contributed by atoms with van der Waals surface area (Å²) in [7, 11) is 0. The molecule has 1 amide bonds. The molecular formula is C23H22N2O3S2. The summed E-state index contributed by atoms with van der Waals surface area (Å²) in [6, 6.07) is 15.2. The molecule has 5 nitrogen and oxygen atoms in total. The topological polar surface area (TPSA) is 59.5 Å². The van der Waals surface area contributed by atoms with Gasteiger partial charge in [0.2, 0.25) is 0 Å². The van der Waals surface area contributed by atoms with Gasteiger partial charge in [0.15, 0.2) is 10.8 Å². The van der Waals surface area contributed by atoms with E-state index in [-0.39, 0.29) is 17.6 Å². The molecule has 30 heavy (non-hydrogen) atoms. The van der Waals surface area contributed by atoms with Gasteiger partial charge in [-0.25, -0.2) is 4.98 Å². The van der Waals surface area contributed by atoms with Crippen molar-refractivity contribution in [1.82, 2.24) is 9.88 Å². The molecule has 1 aromatic heterocycles. The molecular weight excluding hydrogens is 416 g/mol. The van der Waals surface area contributed by atoms with E-state index < -0.39 is 0 Å². The van der Waals surface area contributed by atoms with E-state index >= 15 is 0 Å². The zero-order valence-corrected chi connectivity index (χ0v) is 18.1. The van der Waals surface area contributed by atoms with Crippen molar-refractivity contribution in [2.45, 2.75) is 18.9 Å². The van der Waals surface area contributed by atoms with Crippen LogP contribution in [-0.2, 0) is 0 Å². The number of carbonyl (C=O) groups is 2. The fourth-order valence-corrected chi connectivity index (χ4v) is 5.38. The van der Waals surface area contributed by atoms with E-state index in [1.807, 2.05) is 65.2 Å². The van der Waals surface area contributed by atoms with Gasteiger partial charge < -0.3 is 9.64 Å². The third kappa shape index (κ3) is 3.96. The van der Waals surface area contributed by atoms with E-state index in [0.717, 1.165) is 27.5 Å². The monoisotopic (exact) mass is 438 g/mol. The Morgan fingerprint density at radius 3 is 2.40 bits per heavy atom. The molecule has 0 spiro atoms. The van der Waals surface area contributed by atoms with E-state index in [1.54, 1.807) is 0 Å². The normalized spacial score (nSPS) is 17.7. The van der Waals surface area contributed by atoms with Crippen molar-refractivity contribution < 1.29 is 14.3 Å². The van der Waals surface area contributed by atoms with E-state index in [2.05, 4.69) is 4.98 Å². The summed E-state index contributed by atoms with van der Waals surface area (Å²) in [5.41, 5.74) is 1.54. The highest BCUT2D eigenvalue weighted by atomic mass is 32.2. The lowest BCUT2D eigenvalue weighted by molar-refractivity contribution is 0.0650. The fraction of sp³-hybridized carbons (Fsp3) is 0.348. The number of rotatable bonds is 5. The molecule has 5 rings (SSSR count). The number of benzene rings is 2. The minimum Gasteiger partial charge on any atom is -0.489 e. The van der Waals surface area contributed by atoms with Gasteiger partial charge in [-0.1, -0.05) is 12.1 Å². The molecule has 2 fully saturated rings. The number of aromatic nitrogens is 1. The van der Waals surface area contributed by atoms with Crippen LogP contribution in [0.15, 0.2) is 48.5 Å². The van der Waals surface area contributed by atoms with Gasteiger partial charge in [-0.3, -0.25) is 9.59 Å². The number of carbonyl (C=O) groups excluding carboxylic acids is 2. The maximum Gasteiger partial charge on any atom is 0.253 e. The van der Waals surface area contributed by atoms with Gasteiger partial charge in [0.1, 0.15) is 11.9 Å². The molecule has 0 N–H and O–H groups in total. The number of thiazole rings is 1. The first-order valence-corrected chi connectivity index (χ1v) is 12.2. The highest BCUT2D eigenvalue weighted by Crippen LogP contribution is 2.28.